The van der Waals surface area contributed by atoms with Crippen LogP contribution in [-0.2, 0) is 44.8 Å². The van der Waals surface area contributed by atoms with Crippen LogP contribution in [0.25, 0.3) is 0 Å². The summed E-state index contributed by atoms with van der Waals surface area (Å²) in [5.41, 5.74) is 0. The van der Waals surface area contributed by atoms with Crippen LogP contribution < -0.4 is 62.7 Å². The van der Waals surface area contributed by atoms with Crippen molar-refractivity contribution < 1.29 is 108 Å². The SMILES string of the molecule is [Ag+].[Ag+].[O-][I+2]([O-])[O-].[O-][I+2]([O-])[O-]. The van der Waals surface area contributed by atoms with E-state index in [4.69, 9.17) is 20.6 Å². The maximum absolute atomic E-state index is 8.57. The van der Waals surface area contributed by atoms with Crippen LogP contribution in [0.5, 0.6) is 0 Å². The van der Waals surface area contributed by atoms with E-state index in [2.05, 4.69) is 0 Å². The van der Waals surface area contributed by atoms with Crippen LogP contribution in [0.15, 0.2) is 0 Å². The van der Waals surface area contributed by atoms with Gasteiger partial charge in [-0.1, -0.05) is 0 Å². The zero-order valence-electron chi connectivity index (χ0n) is 3.81. The van der Waals surface area contributed by atoms with Gasteiger partial charge in [-0.25, -0.2) is 0 Å². The van der Waals surface area contributed by atoms with E-state index in [9.17, 15) is 0 Å². The van der Waals surface area contributed by atoms with E-state index >= 15 is 0 Å². The maximum atomic E-state index is 8.57. The summed E-state index contributed by atoms with van der Waals surface area (Å²) >= 11 is -8.03. The summed E-state index contributed by atoms with van der Waals surface area (Å²) in [7, 11) is 0. The molecule has 0 aliphatic heterocycles. The van der Waals surface area contributed by atoms with Crippen molar-refractivity contribution in [3.63, 3.8) is 0 Å². The Morgan fingerprint density at radius 2 is 0.500 bits per heavy atom. The summed E-state index contributed by atoms with van der Waals surface area (Å²) in [5, 5.41) is 0. The average molecular weight is 566 g/mol. The molecule has 0 saturated carbocycles. The summed E-state index contributed by atoms with van der Waals surface area (Å²) in [6.45, 7) is 0. The molecule has 6 nitrogen and oxygen atoms in total. The van der Waals surface area contributed by atoms with Crippen LogP contribution in [0.1, 0.15) is 0 Å². The zero-order chi connectivity index (χ0) is 7.15. The quantitative estimate of drug-likeness (QED) is 0.211. The van der Waals surface area contributed by atoms with Crippen LogP contribution in [0, 0.1) is 0 Å². The topological polar surface area (TPSA) is 138 Å². The van der Waals surface area contributed by atoms with Gasteiger partial charge in [0.05, 0.1) is 0 Å². The first-order valence-electron chi connectivity index (χ1n) is 0.926. The van der Waals surface area contributed by atoms with Crippen molar-refractivity contribution >= 4 is 0 Å². The van der Waals surface area contributed by atoms with Gasteiger partial charge < -0.3 is 20.6 Å². The van der Waals surface area contributed by atoms with Gasteiger partial charge >= 0.3 is 44.8 Å². The molecule has 0 aromatic heterocycles. The third kappa shape index (κ3) is 138. The molecule has 10 heavy (non-hydrogen) atoms. The average Bonchev–Trinajstić information content (AvgIpc) is 1.25. The third-order valence-corrected chi connectivity index (χ3v) is 0. The summed E-state index contributed by atoms with van der Waals surface area (Å²) in [4.78, 5) is 0. The second-order valence-electron chi connectivity index (χ2n) is 0.378. The Morgan fingerprint density at radius 3 is 0.500 bits per heavy atom. The van der Waals surface area contributed by atoms with Crippen molar-refractivity contribution in [1.29, 1.82) is 0 Å². The van der Waals surface area contributed by atoms with Crippen molar-refractivity contribution in [2.75, 3.05) is 0 Å². The normalized spacial score (nSPS) is 7.20. The summed E-state index contributed by atoms with van der Waals surface area (Å²) in [6.07, 6.45) is 0. The Bertz CT molecular complexity index is 29.2. The van der Waals surface area contributed by atoms with Crippen LogP contribution in [0.3, 0.4) is 0 Å². The molecule has 0 aliphatic carbocycles. The molecular formula is Ag2I2O6. The van der Waals surface area contributed by atoms with Crippen molar-refractivity contribution in [3.05, 3.63) is 0 Å². The van der Waals surface area contributed by atoms with E-state index in [1.807, 2.05) is 0 Å². The molecule has 0 fully saturated rings. The van der Waals surface area contributed by atoms with E-state index < -0.39 is 42.1 Å². The first-order valence-corrected chi connectivity index (χ1v) is 6.21. The monoisotopic (exact) mass is 564 g/mol. The van der Waals surface area contributed by atoms with Crippen molar-refractivity contribution in [1.82, 2.24) is 0 Å². The van der Waals surface area contributed by atoms with Crippen LogP contribution >= 0.6 is 0 Å². The second kappa shape index (κ2) is 17.7. The Morgan fingerprint density at radius 1 is 0.500 bits per heavy atom. The van der Waals surface area contributed by atoms with E-state index in [0.29, 0.717) is 0 Å². The van der Waals surface area contributed by atoms with E-state index in [-0.39, 0.29) is 44.8 Å². The van der Waals surface area contributed by atoms with Crippen LogP contribution in [0.4, 0.5) is 0 Å². The number of rotatable bonds is 0. The summed E-state index contributed by atoms with van der Waals surface area (Å²) in [5.74, 6) is 0. The van der Waals surface area contributed by atoms with Crippen LogP contribution in [0.2, 0.25) is 0 Å². The largest absolute Gasteiger partial charge is 1.00 e. The Labute approximate surface area is 106 Å². The fourth-order valence-electron chi connectivity index (χ4n) is 0. The van der Waals surface area contributed by atoms with Gasteiger partial charge in [0.1, 0.15) is 0 Å². The Hall–Kier alpha value is 2.70. The second-order valence-corrected chi connectivity index (χ2v) is 2.54. The van der Waals surface area contributed by atoms with Gasteiger partial charge in [-0.15, -0.1) is 0 Å². The predicted octanol–water partition coefficient (Wildman–Crippen LogP) is -13.1. The molecule has 0 radical (unpaired) electrons. The third-order valence-electron chi connectivity index (χ3n) is 0. The number of hydrogen-bond acceptors (Lipinski definition) is 6. The molecule has 0 saturated heterocycles. The van der Waals surface area contributed by atoms with Gasteiger partial charge in [-0.3, -0.25) is 0 Å². The zero-order valence-corrected chi connectivity index (χ0v) is 11.1. The molecule has 0 amide bonds. The van der Waals surface area contributed by atoms with Gasteiger partial charge in [-0.05, 0) is 0 Å². The molecule has 0 aliphatic rings. The van der Waals surface area contributed by atoms with Crippen molar-refractivity contribution in [2.24, 2.45) is 0 Å². The molecule has 0 spiro atoms. The van der Waals surface area contributed by atoms with Crippen LogP contribution in [-0.4, -0.2) is 0 Å². The van der Waals surface area contributed by atoms with Gasteiger partial charge in [0.2, 0.25) is 0 Å². The van der Waals surface area contributed by atoms with Gasteiger partial charge in [0, 0.05) is 0 Å². The Kier molecular flexibility index (Phi) is 40.7. The molecule has 0 rings (SSSR count). The predicted molar refractivity (Wildman–Crippen MR) is 0 cm³/mol. The number of halogens is 2. The molecule has 0 heterocycles. The summed E-state index contributed by atoms with van der Waals surface area (Å²) < 4.78 is 51.4. The van der Waals surface area contributed by atoms with E-state index in [1.54, 1.807) is 0 Å². The Balaban J connectivity index is -0.0000000300. The van der Waals surface area contributed by atoms with Gasteiger partial charge in [0.25, 0.3) is 42.1 Å². The maximum Gasteiger partial charge on any atom is 1.00 e. The smallest absolute Gasteiger partial charge is 0.427 e. The summed E-state index contributed by atoms with van der Waals surface area (Å²) in [6, 6.07) is 0. The van der Waals surface area contributed by atoms with E-state index in [0.717, 1.165) is 0 Å². The molecular weight excluding hydrogens is 566 g/mol. The standard InChI is InChI=1S/2Ag.2IO3/c;;2*2-1(3)4/q2*+1;2*-1. The fourth-order valence-corrected chi connectivity index (χ4v) is 0. The minimum atomic E-state index is -4.01. The van der Waals surface area contributed by atoms with Gasteiger partial charge in [0.15, 0.2) is 0 Å². The molecule has 0 unspecified atom stereocenters. The molecule has 0 atom stereocenters. The van der Waals surface area contributed by atoms with Crippen molar-refractivity contribution in [3.8, 4) is 0 Å². The minimum Gasteiger partial charge on any atom is -0.427 e. The first kappa shape index (κ1) is 23.0. The molecule has 72 valence electrons. The van der Waals surface area contributed by atoms with Crippen molar-refractivity contribution in [2.45, 2.75) is 0 Å². The van der Waals surface area contributed by atoms with Gasteiger partial charge in [-0.2, -0.15) is 0 Å². The molecule has 0 aromatic rings. The molecule has 0 bridgehead atoms. The first-order chi connectivity index (χ1) is 3.46. The molecule has 0 aromatic carbocycles. The molecule has 10 heteroatoms. The minimum absolute atomic E-state index is 0. The fraction of sp³-hybridized carbons (Fsp3) is 0. The number of hydrogen-bond donors (Lipinski definition) is 0. The molecule has 0 N–H and O–H groups in total. The van der Waals surface area contributed by atoms with E-state index in [1.165, 1.54) is 0 Å².